The fourth-order valence-corrected chi connectivity index (χ4v) is 3.75. The van der Waals surface area contributed by atoms with E-state index >= 15 is 0 Å². The molecule has 0 atom stereocenters. The van der Waals surface area contributed by atoms with E-state index < -0.39 is 0 Å². The van der Waals surface area contributed by atoms with Crippen LogP contribution in [0.15, 0.2) is 54.6 Å². The lowest BCUT2D eigenvalue weighted by Crippen LogP contribution is -2.46. The summed E-state index contributed by atoms with van der Waals surface area (Å²) >= 11 is 1.22. The molecule has 5 nitrogen and oxygen atoms in total. The van der Waals surface area contributed by atoms with E-state index in [9.17, 15) is 0 Å². The summed E-state index contributed by atoms with van der Waals surface area (Å²) in [5.41, 5.74) is 3.66. The van der Waals surface area contributed by atoms with Crippen molar-refractivity contribution in [1.82, 2.24) is 8.75 Å². The lowest BCUT2D eigenvalue weighted by Gasteiger charge is -2.36. The van der Waals surface area contributed by atoms with Crippen molar-refractivity contribution in [2.24, 2.45) is 0 Å². The highest BCUT2D eigenvalue weighted by atomic mass is 32.1. The molecule has 0 amide bonds. The van der Waals surface area contributed by atoms with Crippen LogP contribution in [0.2, 0.25) is 0 Å². The molecule has 134 valence electrons. The van der Waals surface area contributed by atoms with Gasteiger partial charge in [-0.05, 0) is 24.6 Å². The van der Waals surface area contributed by atoms with Crippen LogP contribution in [-0.2, 0) is 6.61 Å². The molecule has 0 saturated carbocycles. The van der Waals surface area contributed by atoms with Crippen LogP contribution in [0.25, 0.3) is 0 Å². The number of ether oxygens (including phenoxy) is 1. The maximum atomic E-state index is 5.96. The highest BCUT2D eigenvalue weighted by Crippen LogP contribution is 2.28. The van der Waals surface area contributed by atoms with Crippen LogP contribution in [0, 0.1) is 6.92 Å². The van der Waals surface area contributed by atoms with Crippen LogP contribution in [-0.4, -0.2) is 34.9 Å². The van der Waals surface area contributed by atoms with Gasteiger partial charge in [0.05, 0.1) is 11.7 Å². The summed E-state index contributed by atoms with van der Waals surface area (Å²) in [7, 11) is 0. The van der Waals surface area contributed by atoms with E-state index in [1.165, 1.54) is 23.0 Å². The van der Waals surface area contributed by atoms with Crippen LogP contribution < -0.4 is 14.5 Å². The number of aromatic nitrogens is 2. The first-order valence-electron chi connectivity index (χ1n) is 8.85. The third-order valence-corrected chi connectivity index (χ3v) is 5.10. The molecule has 26 heavy (non-hydrogen) atoms. The van der Waals surface area contributed by atoms with Crippen LogP contribution in [0.4, 0.5) is 11.5 Å². The Morgan fingerprint density at radius 1 is 0.923 bits per heavy atom. The monoisotopic (exact) mass is 366 g/mol. The molecule has 0 N–H and O–H groups in total. The molecule has 6 heteroatoms. The Labute approximate surface area is 158 Å². The number of hydrogen-bond donors (Lipinski definition) is 0. The number of hydrogen-bond acceptors (Lipinski definition) is 6. The zero-order chi connectivity index (χ0) is 17.8. The first-order valence-corrected chi connectivity index (χ1v) is 9.58. The van der Waals surface area contributed by atoms with E-state index in [0.29, 0.717) is 12.5 Å². The zero-order valence-electron chi connectivity index (χ0n) is 14.8. The topological polar surface area (TPSA) is 41.5 Å². The van der Waals surface area contributed by atoms with Crippen molar-refractivity contribution < 1.29 is 4.74 Å². The molecular formula is C20H22N4OS. The SMILES string of the molecule is Cc1cccc(COc2nsnc2N2CCN(c3ccccc3)CC2)c1. The Hall–Kier alpha value is -2.60. The van der Waals surface area contributed by atoms with Gasteiger partial charge in [-0.3, -0.25) is 0 Å². The number of rotatable bonds is 5. The summed E-state index contributed by atoms with van der Waals surface area (Å²) < 4.78 is 14.8. The molecule has 2 heterocycles. The fraction of sp³-hybridized carbons (Fsp3) is 0.300. The number of nitrogens with zero attached hydrogens (tertiary/aromatic N) is 4. The number of aryl methyl sites for hydroxylation is 1. The summed E-state index contributed by atoms with van der Waals surface area (Å²) in [4.78, 5) is 4.68. The van der Waals surface area contributed by atoms with Gasteiger partial charge in [-0.25, -0.2) is 0 Å². The van der Waals surface area contributed by atoms with E-state index in [0.717, 1.165) is 37.6 Å². The molecule has 4 rings (SSSR count). The molecular weight excluding hydrogens is 344 g/mol. The molecule has 1 aliphatic rings. The maximum Gasteiger partial charge on any atom is 0.271 e. The first kappa shape index (κ1) is 16.8. The number of para-hydroxylation sites is 1. The molecule has 1 aromatic heterocycles. The summed E-state index contributed by atoms with van der Waals surface area (Å²) in [6.07, 6.45) is 0. The molecule has 3 aromatic rings. The van der Waals surface area contributed by atoms with E-state index in [1.54, 1.807) is 0 Å². The predicted octanol–water partition coefficient (Wildman–Crippen LogP) is 3.75. The second-order valence-electron chi connectivity index (χ2n) is 6.48. The van der Waals surface area contributed by atoms with Crippen LogP contribution >= 0.6 is 11.7 Å². The lowest BCUT2D eigenvalue weighted by molar-refractivity contribution is 0.296. The normalized spacial score (nSPS) is 14.5. The van der Waals surface area contributed by atoms with E-state index in [1.807, 2.05) is 0 Å². The van der Waals surface area contributed by atoms with Gasteiger partial charge in [-0.2, -0.15) is 4.37 Å². The van der Waals surface area contributed by atoms with Crippen LogP contribution in [0.3, 0.4) is 0 Å². The van der Waals surface area contributed by atoms with Crippen LogP contribution in [0.1, 0.15) is 11.1 Å². The Bertz CT molecular complexity index is 844. The minimum Gasteiger partial charge on any atom is -0.470 e. The summed E-state index contributed by atoms with van der Waals surface area (Å²) in [5, 5.41) is 0. The van der Waals surface area contributed by atoms with Gasteiger partial charge in [0.25, 0.3) is 5.88 Å². The van der Waals surface area contributed by atoms with Gasteiger partial charge in [0.15, 0.2) is 0 Å². The Morgan fingerprint density at radius 3 is 2.46 bits per heavy atom. The first-order chi connectivity index (χ1) is 12.8. The number of benzene rings is 2. The van der Waals surface area contributed by atoms with Gasteiger partial charge < -0.3 is 14.5 Å². The Kier molecular flexibility index (Phi) is 5.02. The molecule has 0 unspecified atom stereocenters. The predicted molar refractivity (Wildman–Crippen MR) is 106 cm³/mol. The van der Waals surface area contributed by atoms with Crippen molar-refractivity contribution in [1.29, 1.82) is 0 Å². The van der Waals surface area contributed by atoms with Crippen LogP contribution in [0.5, 0.6) is 5.88 Å². The smallest absolute Gasteiger partial charge is 0.271 e. The molecule has 0 aliphatic carbocycles. The molecule has 1 saturated heterocycles. The Morgan fingerprint density at radius 2 is 1.69 bits per heavy atom. The van der Waals surface area contributed by atoms with E-state index in [4.69, 9.17) is 4.74 Å². The molecule has 1 fully saturated rings. The standard InChI is InChI=1S/C20H22N4OS/c1-16-6-5-7-17(14-16)15-25-20-19(21-26-22-20)24-12-10-23(11-13-24)18-8-3-2-4-9-18/h2-9,14H,10-13,15H2,1H3. The van der Waals surface area contributed by atoms with Crippen molar-refractivity contribution in [2.75, 3.05) is 36.0 Å². The molecule has 0 bridgehead atoms. The van der Waals surface area contributed by atoms with Gasteiger partial charge in [-0.15, -0.1) is 4.37 Å². The third-order valence-electron chi connectivity index (χ3n) is 4.60. The minimum atomic E-state index is 0.518. The lowest BCUT2D eigenvalue weighted by atomic mass is 10.1. The molecule has 2 aromatic carbocycles. The summed E-state index contributed by atoms with van der Waals surface area (Å²) in [6, 6.07) is 18.9. The number of piperazine rings is 1. The van der Waals surface area contributed by atoms with Crippen molar-refractivity contribution in [3.63, 3.8) is 0 Å². The Balaban J connectivity index is 1.38. The van der Waals surface area contributed by atoms with E-state index in [-0.39, 0.29) is 0 Å². The van der Waals surface area contributed by atoms with Crippen molar-refractivity contribution >= 4 is 23.2 Å². The number of anilines is 2. The molecule has 0 spiro atoms. The summed E-state index contributed by atoms with van der Waals surface area (Å²) in [5.74, 6) is 1.51. The van der Waals surface area contributed by atoms with Gasteiger partial charge in [0, 0.05) is 31.9 Å². The van der Waals surface area contributed by atoms with Gasteiger partial charge in [0.1, 0.15) is 6.61 Å². The van der Waals surface area contributed by atoms with Gasteiger partial charge >= 0.3 is 0 Å². The third kappa shape index (κ3) is 3.80. The highest BCUT2D eigenvalue weighted by Gasteiger charge is 2.23. The zero-order valence-corrected chi connectivity index (χ0v) is 15.7. The van der Waals surface area contributed by atoms with Crippen molar-refractivity contribution in [3.05, 3.63) is 65.7 Å². The second-order valence-corrected chi connectivity index (χ2v) is 7.01. The second kappa shape index (κ2) is 7.74. The quantitative estimate of drug-likeness (QED) is 0.688. The van der Waals surface area contributed by atoms with E-state index in [2.05, 4.69) is 80.1 Å². The highest BCUT2D eigenvalue weighted by molar-refractivity contribution is 6.99. The summed E-state index contributed by atoms with van der Waals surface area (Å²) in [6.45, 7) is 6.38. The average molecular weight is 366 g/mol. The largest absolute Gasteiger partial charge is 0.470 e. The molecule has 1 aliphatic heterocycles. The van der Waals surface area contributed by atoms with Crippen molar-refractivity contribution in [3.8, 4) is 5.88 Å². The minimum absolute atomic E-state index is 0.518. The van der Waals surface area contributed by atoms with Gasteiger partial charge in [-0.1, -0.05) is 48.0 Å². The average Bonchev–Trinajstić information content (AvgIpc) is 3.16. The fourth-order valence-electron chi connectivity index (χ4n) is 3.23. The maximum absolute atomic E-state index is 5.96. The van der Waals surface area contributed by atoms with Crippen molar-refractivity contribution in [2.45, 2.75) is 13.5 Å². The van der Waals surface area contributed by atoms with Gasteiger partial charge in [0.2, 0.25) is 5.82 Å². The molecule has 0 radical (unpaired) electrons.